The first kappa shape index (κ1) is 18.3. The molecule has 3 aromatic rings. The first-order valence-electron chi connectivity index (χ1n) is 9.86. The third-order valence-corrected chi connectivity index (χ3v) is 7.13. The fourth-order valence-corrected chi connectivity index (χ4v) is 5.35. The maximum atomic E-state index is 13.4. The van der Waals surface area contributed by atoms with E-state index in [2.05, 4.69) is 11.9 Å². The average molecular weight is 406 g/mol. The summed E-state index contributed by atoms with van der Waals surface area (Å²) in [6.07, 6.45) is 2.72. The van der Waals surface area contributed by atoms with Gasteiger partial charge in [0, 0.05) is 22.5 Å². The minimum Gasteiger partial charge on any atom is -0.358 e. The lowest BCUT2D eigenvalue weighted by Crippen LogP contribution is -2.52. The molecule has 6 heteroatoms. The zero-order valence-corrected chi connectivity index (χ0v) is 17.5. The number of benzene rings is 2. The Balaban J connectivity index is 1.47. The number of hydrogen-bond acceptors (Lipinski definition) is 3. The van der Waals surface area contributed by atoms with Crippen LogP contribution in [0.15, 0.2) is 47.4 Å². The summed E-state index contributed by atoms with van der Waals surface area (Å²) in [7, 11) is 0. The molecule has 1 aromatic heterocycles. The van der Waals surface area contributed by atoms with Gasteiger partial charge in [0.2, 0.25) is 5.91 Å². The van der Waals surface area contributed by atoms with Crippen molar-refractivity contribution in [2.24, 2.45) is 0 Å². The van der Waals surface area contributed by atoms with Crippen LogP contribution in [0.5, 0.6) is 0 Å². The second-order valence-electron chi connectivity index (χ2n) is 7.85. The van der Waals surface area contributed by atoms with Gasteiger partial charge in [0.1, 0.15) is 6.04 Å². The van der Waals surface area contributed by atoms with E-state index in [0.717, 1.165) is 32.7 Å². The van der Waals surface area contributed by atoms with Crippen LogP contribution >= 0.6 is 11.8 Å². The van der Waals surface area contributed by atoms with Gasteiger partial charge >= 0.3 is 0 Å². The predicted octanol–water partition coefficient (Wildman–Crippen LogP) is 4.14. The maximum absolute atomic E-state index is 13.4. The second-order valence-corrected chi connectivity index (χ2v) is 8.69. The number of nitrogens with zero attached hydrogens (tertiary/aromatic N) is 2. The van der Waals surface area contributed by atoms with E-state index in [0.29, 0.717) is 18.5 Å². The highest BCUT2D eigenvalue weighted by Crippen LogP contribution is 2.40. The molecule has 1 N–H and O–H groups in total. The first-order valence-corrected chi connectivity index (χ1v) is 11.1. The Morgan fingerprint density at radius 1 is 1.14 bits per heavy atom. The minimum absolute atomic E-state index is 0.0297. The van der Waals surface area contributed by atoms with Gasteiger partial charge in [0.25, 0.3) is 5.91 Å². The number of thioether (sulfide) groups is 1. The molecule has 0 unspecified atom stereocenters. The Bertz CT molecular complexity index is 1150. The number of rotatable bonds is 3. The van der Waals surface area contributed by atoms with Crippen molar-refractivity contribution in [3.05, 3.63) is 59.3 Å². The number of carbonyl (C=O) groups is 2. The van der Waals surface area contributed by atoms with Crippen molar-refractivity contribution in [3.63, 3.8) is 0 Å². The van der Waals surface area contributed by atoms with Crippen molar-refractivity contribution < 1.29 is 9.59 Å². The number of piperazine rings is 1. The molecule has 2 bridgehead atoms. The van der Waals surface area contributed by atoms with Crippen molar-refractivity contribution in [2.45, 2.75) is 37.2 Å². The molecule has 3 heterocycles. The van der Waals surface area contributed by atoms with E-state index in [4.69, 9.17) is 0 Å². The van der Waals surface area contributed by atoms with E-state index in [1.165, 1.54) is 0 Å². The Labute approximate surface area is 174 Å². The van der Waals surface area contributed by atoms with Crippen LogP contribution in [0.1, 0.15) is 28.0 Å². The van der Waals surface area contributed by atoms with E-state index in [1.54, 1.807) is 16.7 Å². The summed E-state index contributed by atoms with van der Waals surface area (Å²) in [6, 6.07) is 13.5. The van der Waals surface area contributed by atoms with E-state index < -0.39 is 0 Å². The fraction of sp³-hybridized carbons (Fsp3) is 0.304. The number of H-pyrrole nitrogens is 1. The number of aromatic nitrogens is 1. The van der Waals surface area contributed by atoms with Gasteiger partial charge in [0.05, 0.1) is 22.8 Å². The molecule has 2 aromatic carbocycles. The molecule has 0 aliphatic carbocycles. The van der Waals surface area contributed by atoms with Crippen LogP contribution in [-0.4, -0.2) is 46.6 Å². The summed E-state index contributed by atoms with van der Waals surface area (Å²) < 4.78 is 0. The highest BCUT2D eigenvalue weighted by atomic mass is 32.2. The van der Waals surface area contributed by atoms with Gasteiger partial charge in [-0.1, -0.05) is 24.3 Å². The standard InChI is InChI=1S/C23H23N3O2S/c1-13-14(2)24-21-16(13)7-6-8-17(21)22(27)25-12-15-11-19(25)23(28)26(15)18-9-4-5-10-20(18)29-3/h4-10,15,19,24H,11-12H2,1-3H3/t15-,19-/m0/s1. The first-order chi connectivity index (χ1) is 14.0. The number of likely N-dealkylation sites (tertiary alicyclic amines) is 1. The summed E-state index contributed by atoms with van der Waals surface area (Å²) in [5.74, 6) is -0.0300. The summed E-state index contributed by atoms with van der Waals surface area (Å²) in [6.45, 7) is 4.66. The molecular formula is C23H23N3O2S. The molecule has 5 rings (SSSR count). The third-order valence-electron chi connectivity index (χ3n) is 6.35. The van der Waals surface area contributed by atoms with Gasteiger partial charge in [0.15, 0.2) is 0 Å². The number of fused-ring (bicyclic) bond motifs is 3. The average Bonchev–Trinajstić information content (AvgIpc) is 3.39. The van der Waals surface area contributed by atoms with E-state index in [1.807, 2.05) is 60.5 Å². The molecular weight excluding hydrogens is 382 g/mol. The minimum atomic E-state index is -0.380. The number of amides is 2. The smallest absolute Gasteiger partial charge is 0.256 e. The molecule has 2 fully saturated rings. The number of aromatic amines is 1. The molecule has 0 spiro atoms. The number of anilines is 1. The molecule has 2 atom stereocenters. The number of carbonyl (C=O) groups excluding carboxylic acids is 2. The summed E-state index contributed by atoms with van der Waals surface area (Å²) in [4.78, 5) is 34.8. The molecule has 0 radical (unpaired) electrons. The van der Waals surface area contributed by atoms with Crippen LogP contribution in [0.25, 0.3) is 10.9 Å². The third kappa shape index (κ3) is 2.62. The van der Waals surface area contributed by atoms with Crippen molar-refractivity contribution in [3.8, 4) is 0 Å². The number of aryl methyl sites for hydroxylation is 2. The highest BCUT2D eigenvalue weighted by Gasteiger charge is 2.52. The van der Waals surface area contributed by atoms with Gasteiger partial charge in [-0.25, -0.2) is 0 Å². The van der Waals surface area contributed by atoms with Crippen LogP contribution in [0.3, 0.4) is 0 Å². The number of para-hydroxylation sites is 2. The van der Waals surface area contributed by atoms with Crippen molar-refractivity contribution in [1.29, 1.82) is 0 Å². The largest absolute Gasteiger partial charge is 0.358 e. The van der Waals surface area contributed by atoms with Gasteiger partial charge in [-0.2, -0.15) is 0 Å². The summed E-state index contributed by atoms with van der Waals surface area (Å²) in [5, 5.41) is 1.07. The molecule has 2 aliphatic rings. The summed E-state index contributed by atoms with van der Waals surface area (Å²) >= 11 is 1.64. The van der Waals surface area contributed by atoms with Gasteiger partial charge in [-0.3, -0.25) is 9.59 Å². The van der Waals surface area contributed by atoms with E-state index in [9.17, 15) is 9.59 Å². The zero-order valence-electron chi connectivity index (χ0n) is 16.7. The normalized spacial score (nSPS) is 20.9. The van der Waals surface area contributed by atoms with Crippen molar-refractivity contribution in [2.75, 3.05) is 17.7 Å². The monoisotopic (exact) mass is 405 g/mol. The van der Waals surface area contributed by atoms with Crippen LogP contribution in [0.4, 0.5) is 5.69 Å². The van der Waals surface area contributed by atoms with Crippen molar-refractivity contribution >= 4 is 40.2 Å². The quantitative estimate of drug-likeness (QED) is 0.667. The van der Waals surface area contributed by atoms with E-state index >= 15 is 0 Å². The molecule has 29 heavy (non-hydrogen) atoms. The maximum Gasteiger partial charge on any atom is 0.256 e. The molecule has 2 aliphatic heterocycles. The lowest BCUT2D eigenvalue weighted by atomic mass is 10.1. The van der Waals surface area contributed by atoms with Crippen LogP contribution in [0, 0.1) is 13.8 Å². The molecule has 148 valence electrons. The lowest BCUT2D eigenvalue weighted by molar-refractivity contribution is -0.121. The second kappa shape index (κ2) is 6.66. The molecule has 5 nitrogen and oxygen atoms in total. The Morgan fingerprint density at radius 2 is 1.93 bits per heavy atom. The predicted molar refractivity (Wildman–Crippen MR) is 117 cm³/mol. The summed E-state index contributed by atoms with van der Waals surface area (Å²) in [5.41, 5.74) is 4.71. The van der Waals surface area contributed by atoms with Gasteiger partial charge in [-0.15, -0.1) is 11.8 Å². The Kier molecular flexibility index (Phi) is 4.21. The topological polar surface area (TPSA) is 56.4 Å². The highest BCUT2D eigenvalue weighted by molar-refractivity contribution is 7.98. The van der Waals surface area contributed by atoms with Gasteiger partial charge < -0.3 is 14.8 Å². The van der Waals surface area contributed by atoms with Crippen molar-refractivity contribution in [1.82, 2.24) is 9.88 Å². The lowest BCUT2D eigenvalue weighted by Gasteiger charge is -2.34. The molecule has 0 saturated carbocycles. The zero-order chi connectivity index (χ0) is 20.3. The Hall–Kier alpha value is -2.73. The number of hydrogen-bond donors (Lipinski definition) is 1. The van der Waals surface area contributed by atoms with E-state index in [-0.39, 0.29) is 23.9 Å². The fourth-order valence-electron chi connectivity index (χ4n) is 4.76. The SMILES string of the molecule is CSc1ccccc1N1C(=O)[C@@H]2C[C@H]1CN2C(=O)c1cccc2c(C)c(C)[nH]c12. The van der Waals surface area contributed by atoms with Crippen LogP contribution < -0.4 is 4.90 Å². The van der Waals surface area contributed by atoms with Gasteiger partial charge in [-0.05, 0) is 50.3 Å². The van der Waals surface area contributed by atoms with Crippen LogP contribution in [-0.2, 0) is 4.79 Å². The van der Waals surface area contributed by atoms with Crippen LogP contribution in [0.2, 0.25) is 0 Å². The molecule has 2 saturated heterocycles. The Morgan fingerprint density at radius 3 is 2.69 bits per heavy atom. The molecule has 2 amide bonds. The number of nitrogens with one attached hydrogen (secondary N) is 1.